The third kappa shape index (κ3) is 6.71. The van der Waals surface area contributed by atoms with Gasteiger partial charge >= 0.3 is 5.97 Å². The minimum atomic E-state index is -0.720. The summed E-state index contributed by atoms with van der Waals surface area (Å²) >= 11 is 1.17. The van der Waals surface area contributed by atoms with E-state index in [1.807, 2.05) is 0 Å². The number of para-hydroxylation sites is 1. The first-order valence-electron chi connectivity index (χ1n) is 9.25. The third-order valence-corrected chi connectivity index (χ3v) is 5.06. The van der Waals surface area contributed by atoms with Crippen LogP contribution in [0.1, 0.15) is 16.1 Å². The Hall–Kier alpha value is -3.59. The van der Waals surface area contributed by atoms with Crippen LogP contribution in [0, 0.1) is 5.82 Å². The summed E-state index contributed by atoms with van der Waals surface area (Å²) in [6.07, 6.45) is 1.52. The van der Waals surface area contributed by atoms with Gasteiger partial charge in [0.25, 0.3) is 5.91 Å². The monoisotopic (exact) mass is 442 g/mol. The fourth-order valence-corrected chi connectivity index (χ4v) is 3.38. The summed E-state index contributed by atoms with van der Waals surface area (Å²) in [5.41, 5.74) is 0.227. The first-order valence-corrected chi connectivity index (χ1v) is 10.2. The molecule has 31 heavy (non-hydrogen) atoms. The van der Waals surface area contributed by atoms with E-state index in [0.29, 0.717) is 10.7 Å². The zero-order chi connectivity index (χ0) is 22.1. The maximum Gasteiger partial charge on any atom is 0.339 e. The molecule has 1 aromatic heterocycles. The van der Waals surface area contributed by atoms with E-state index in [1.54, 1.807) is 42.5 Å². The molecule has 2 amide bonds. The lowest BCUT2D eigenvalue weighted by molar-refractivity contribution is -0.119. The van der Waals surface area contributed by atoms with Crippen molar-refractivity contribution in [3.63, 3.8) is 0 Å². The second-order valence-corrected chi connectivity index (χ2v) is 7.26. The van der Waals surface area contributed by atoms with Crippen LogP contribution in [0.3, 0.4) is 0 Å². The molecule has 0 aliphatic carbocycles. The molecule has 3 rings (SSSR count). The number of ether oxygens (including phenoxy) is 1. The van der Waals surface area contributed by atoms with Crippen LogP contribution >= 0.6 is 11.8 Å². The molecular weight excluding hydrogens is 423 g/mol. The molecule has 0 radical (unpaired) electrons. The summed E-state index contributed by atoms with van der Waals surface area (Å²) in [7, 11) is 0. The zero-order valence-electron chi connectivity index (χ0n) is 16.3. The highest BCUT2D eigenvalue weighted by molar-refractivity contribution is 8.00. The molecule has 2 aromatic carbocycles. The molecule has 0 saturated carbocycles. The van der Waals surface area contributed by atoms with Gasteiger partial charge in [0, 0.05) is 4.90 Å². The number of halogens is 1. The van der Waals surface area contributed by atoms with Gasteiger partial charge in [0.05, 0.1) is 29.8 Å². The Morgan fingerprint density at radius 2 is 1.74 bits per heavy atom. The molecule has 0 spiro atoms. The summed E-state index contributed by atoms with van der Waals surface area (Å²) in [6.45, 7) is -0.303. The predicted molar refractivity (Wildman–Crippen MR) is 113 cm³/mol. The van der Waals surface area contributed by atoms with Crippen LogP contribution in [0.25, 0.3) is 0 Å². The molecule has 0 atom stereocenters. The molecular formula is C22H19FN2O5S. The first-order chi connectivity index (χ1) is 15.0. The molecule has 2 N–H and O–H groups in total. The van der Waals surface area contributed by atoms with Crippen LogP contribution < -0.4 is 10.6 Å². The number of furan rings is 1. The van der Waals surface area contributed by atoms with Crippen LogP contribution in [-0.2, 0) is 20.9 Å². The fourth-order valence-electron chi connectivity index (χ4n) is 2.51. The Labute approximate surface area is 182 Å². The van der Waals surface area contributed by atoms with E-state index in [-0.39, 0.29) is 29.5 Å². The van der Waals surface area contributed by atoms with Gasteiger partial charge in [0.15, 0.2) is 6.61 Å². The largest absolute Gasteiger partial charge is 0.467 e. The minimum Gasteiger partial charge on any atom is -0.467 e. The molecule has 0 aliphatic heterocycles. The van der Waals surface area contributed by atoms with Crippen molar-refractivity contribution in [3.8, 4) is 0 Å². The van der Waals surface area contributed by atoms with Crippen molar-refractivity contribution in [2.45, 2.75) is 11.4 Å². The van der Waals surface area contributed by atoms with Crippen molar-refractivity contribution in [2.24, 2.45) is 0 Å². The second kappa shape index (κ2) is 11.0. The van der Waals surface area contributed by atoms with Crippen LogP contribution in [0.15, 0.2) is 76.2 Å². The highest BCUT2D eigenvalue weighted by Gasteiger charge is 2.16. The van der Waals surface area contributed by atoms with Crippen molar-refractivity contribution < 1.29 is 27.9 Å². The topological polar surface area (TPSA) is 97.6 Å². The molecule has 3 aromatic rings. The summed E-state index contributed by atoms with van der Waals surface area (Å²) in [5, 5.41) is 5.06. The number of nitrogens with one attached hydrogen (secondary N) is 2. The van der Waals surface area contributed by atoms with Crippen LogP contribution in [0.2, 0.25) is 0 Å². The summed E-state index contributed by atoms with van der Waals surface area (Å²) in [4.78, 5) is 36.9. The number of carbonyl (C=O) groups excluding carboxylic acids is 3. The van der Waals surface area contributed by atoms with Crippen molar-refractivity contribution in [1.29, 1.82) is 0 Å². The number of anilines is 1. The summed E-state index contributed by atoms with van der Waals surface area (Å²) in [6, 6.07) is 15.8. The van der Waals surface area contributed by atoms with E-state index in [9.17, 15) is 18.8 Å². The molecule has 0 fully saturated rings. The summed E-state index contributed by atoms with van der Waals surface area (Å²) in [5.74, 6) is -1.48. The molecule has 0 unspecified atom stereocenters. The van der Waals surface area contributed by atoms with Gasteiger partial charge in [-0.2, -0.15) is 0 Å². The van der Waals surface area contributed by atoms with Gasteiger partial charge in [0.1, 0.15) is 11.6 Å². The number of rotatable bonds is 9. The van der Waals surface area contributed by atoms with E-state index in [4.69, 9.17) is 9.15 Å². The Kier molecular flexibility index (Phi) is 7.83. The average Bonchev–Trinajstić information content (AvgIpc) is 3.30. The summed E-state index contributed by atoms with van der Waals surface area (Å²) < 4.78 is 23.8. The lowest BCUT2D eigenvalue weighted by atomic mass is 10.2. The van der Waals surface area contributed by atoms with E-state index in [0.717, 1.165) is 0 Å². The van der Waals surface area contributed by atoms with E-state index < -0.39 is 24.3 Å². The molecule has 9 heteroatoms. The molecule has 0 bridgehead atoms. The second-order valence-electron chi connectivity index (χ2n) is 6.25. The Morgan fingerprint density at radius 1 is 0.968 bits per heavy atom. The van der Waals surface area contributed by atoms with Crippen LogP contribution in [0.5, 0.6) is 0 Å². The smallest absolute Gasteiger partial charge is 0.339 e. The van der Waals surface area contributed by atoms with E-state index >= 15 is 0 Å². The maximum absolute atomic E-state index is 13.6. The Bertz CT molecular complexity index is 1060. The minimum absolute atomic E-state index is 0.0000606. The highest BCUT2D eigenvalue weighted by atomic mass is 32.2. The lowest BCUT2D eigenvalue weighted by Gasteiger charge is -2.10. The standard InChI is InChI=1S/C22H19FN2O5S/c23-17-8-2-3-9-18(17)25-20(26)13-30-22(28)16-7-1-4-10-19(16)31-14-21(27)24-12-15-6-5-11-29-15/h1-11H,12-14H2,(H,24,27)(H,25,26). The Balaban J connectivity index is 1.50. The average molecular weight is 442 g/mol. The number of esters is 1. The van der Waals surface area contributed by atoms with Gasteiger partial charge in [-0.25, -0.2) is 9.18 Å². The van der Waals surface area contributed by atoms with Gasteiger partial charge in [-0.15, -0.1) is 11.8 Å². The van der Waals surface area contributed by atoms with Gasteiger partial charge < -0.3 is 19.8 Å². The van der Waals surface area contributed by atoms with Gasteiger partial charge in [-0.05, 0) is 36.4 Å². The molecule has 0 aliphatic rings. The molecule has 160 valence electrons. The number of thioether (sulfide) groups is 1. The molecule has 1 heterocycles. The van der Waals surface area contributed by atoms with Crippen molar-refractivity contribution in [1.82, 2.24) is 5.32 Å². The normalized spacial score (nSPS) is 10.4. The fraction of sp³-hybridized carbons (Fsp3) is 0.136. The maximum atomic E-state index is 13.6. The molecule has 0 saturated heterocycles. The highest BCUT2D eigenvalue weighted by Crippen LogP contribution is 2.23. The van der Waals surface area contributed by atoms with Crippen molar-refractivity contribution in [2.75, 3.05) is 17.7 Å². The Morgan fingerprint density at radius 3 is 2.52 bits per heavy atom. The third-order valence-electron chi connectivity index (χ3n) is 3.99. The predicted octanol–water partition coefficient (Wildman–Crippen LogP) is 3.62. The van der Waals surface area contributed by atoms with E-state index in [2.05, 4.69) is 10.6 Å². The van der Waals surface area contributed by atoms with Crippen molar-refractivity contribution in [3.05, 3.63) is 84.1 Å². The van der Waals surface area contributed by atoms with Gasteiger partial charge in [-0.1, -0.05) is 24.3 Å². The van der Waals surface area contributed by atoms with Crippen LogP contribution in [-0.4, -0.2) is 30.1 Å². The first kappa shape index (κ1) is 22.1. The lowest BCUT2D eigenvalue weighted by Crippen LogP contribution is -2.24. The van der Waals surface area contributed by atoms with Crippen molar-refractivity contribution >= 4 is 35.2 Å². The number of hydrogen-bond donors (Lipinski definition) is 2. The number of hydrogen-bond acceptors (Lipinski definition) is 6. The molecule has 7 nitrogen and oxygen atoms in total. The van der Waals surface area contributed by atoms with Gasteiger partial charge in [-0.3, -0.25) is 9.59 Å². The SMILES string of the molecule is O=C(CSc1ccccc1C(=O)OCC(=O)Nc1ccccc1F)NCc1ccco1. The number of benzene rings is 2. The number of carbonyl (C=O) groups is 3. The quantitative estimate of drug-likeness (QED) is 0.388. The van der Waals surface area contributed by atoms with E-state index in [1.165, 1.54) is 36.2 Å². The van der Waals surface area contributed by atoms with Crippen LogP contribution in [0.4, 0.5) is 10.1 Å². The van der Waals surface area contributed by atoms with Gasteiger partial charge in [0.2, 0.25) is 5.91 Å². The number of amides is 2. The zero-order valence-corrected chi connectivity index (χ0v) is 17.1.